The summed E-state index contributed by atoms with van der Waals surface area (Å²) in [6.45, 7) is 5.87. The maximum absolute atomic E-state index is 11.5. The molecule has 0 saturated heterocycles. The van der Waals surface area contributed by atoms with Gasteiger partial charge in [-0.25, -0.2) is 0 Å². The summed E-state index contributed by atoms with van der Waals surface area (Å²) in [6.07, 6.45) is 0.407. The smallest absolute Gasteiger partial charge is 0.306 e. The lowest BCUT2D eigenvalue weighted by Gasteiger charge is -2.10. The van der Waals surface area contributed by atoms with Gasteiger partial charge in [-0.05, 0) is 43.5 Å². The van der Waals surface area contributed by atoms with Gasteiger partial charge in [0.05, 0.1) is 5.92 Å². The minimum Gasteiger partial charge on any atom is -0.484 e. The van der Waals surface area contributed by atoms with Crippen molar-refractivity contribution in [1.29, 1.82) is 0 Å². The van der Waals surface area contributed by atoms with Crippen molar-refractivity contribution >= 4 is 11.9 Å². The average Bonchev–Trinajstić information content (AvgIpc) is 2.40. The number of carbonyl (C=O) groups is 2. The molecule has 20 heavy (non-hydrogen) atoms. The Morgan fingerprint density at radius 3 is 2.60 bits per heavy atom. The van der Waals surface area contributed by atoms with E-state index in [0.29, 0.717) is 18.7 Å². The van der Waals surface area contributed by atoms with Gasteiger partial charge in [-0.3, -0.25) is 9.59 Å². The molecule has 2 N–H and O–H groups in total. The molecule has 0 aliphatic heterocycles. The van der Waals surface area contributed by atoms with Gasteiger partial charge < -0.3 is 15.2 Å². The summed E-state index contributed by atoms with van der Waals surface area (Å²) in [5.41, 5.74) is 2.28. The first kappa shape index (κ1) is 16.0. The maximum atomic E-state index is 11.5. The van der Waals surface area contributed by atoms with Gasteiger partial charge in [0.25, 0.3) is 5.91 Å². The number of ether oxygens (including phenoxy) is 1. The summed E-state index contributed by atoms with van der Waals surface area (Å²) < 4.78 is 5.38. The Labute approximate surface area is 118 Å². The number of carboxylic acid groups (broad SMARTS) is 1. The highest BCUT2D eigenvalue weighted by atomic mass is 16.5. The Kier molecular flexibility index (Phi) is 6.03. The summed E-state index contributed by atoms with van der Waals surface area (Å²) in [6, 6.07) is 5.65. The summed E-state index contributed by atoms with van der Waals surface area (Å²) >= 11 is 0. The Balaban J connectivity index is 2.29. The van der Waals surface area contributed by atoms with E-state index in [1.165, 1.54) is 5.56 Å². The van der Waals surface area contributed by atoms with Gasteiger partial charge in [0, 0.05) is 6.54 Å². The number of aliphatic carboxylic acids is 1. The highest BCUT2D eigenvalue weighted by Gasteiger charge is 2.11. The maximum Gasteiger partial charge on any atom is 0.306 e. The molecule has 5 nitrogen and oxygen atoms in total. The van der Waals surface area contributed by atoms with E-state index >= 15 is 0 Å². The number of hydrogen-bond donors (Lipinski definition) is 2. The Hall–Kier alpha value is -2.04. The van der Waals surface area contributed by atoms with E-state index in [1.54, 1.807) is 6.92 Å². The van der Waals surface area contributed by atoms with E-state index < -0.39 is 11.9 Å². The van der Waals surface area contributed by atoms with Crippen molar-refractivity contribution in [3.63, 3.8) is 0 Å². The molecule has 1 atom stereocenters. The first-order valence-electron chi connectivity index (χ1n) is 6.59. The monoisotopic (exact) mass is 279 g/mol. The van der Waals surface area contributed by atoms with Crippen molar-refractivity contribution in [3.05, 3.63) is 29.3 Å². The molecular weight excluding hydrogens is 258 g/mol. The number of hydrogen-bond acceptors (Lipinski definition) is 3. The van der Waals surface area contributed by atoms with Crippen molar-refractivity contribution in [2.24, 2.45) is 5.92 Å². The van der Waals surface area contributed by atoms with Crippen LogP contribution in [0.5, 0.6) is 5.75 Å². The molecule has 0 aliphatic rings. The topological polar surface area (TPSA) is 75.6 Å². The van der Waals surface area contributed by atoms with Gasteiger partial charge in [0.2, 0.25) is 0 Å². The minimum absolute atomic E-state index is 0.0655. The molecule has 0 aliphatic carbocycles. The Bertz CT molecular complexity index is 485. The van der Waals surface area contributed by atoms with Gasteiger partial charge in [-0.1, -0.05) is 13.0 Å². The lowest BCUT2D eigenvalue weighted by Crippen LogP contribution is -2.31. The fraction of sp³-hybridized carbons (Fsp3) is 0.467. The van der Waals surface area contributed by atoms with E-state index in [-0.39, 0.29) is 12.5 Å². The van der Waals surface area contributed by atoms with E-state index in [0.717, 1.165) is 5.56 Å². The molecule has 1 amide bonds. The van der Waals surface area contributed by atoms with Crippen LogP contribution in [0, 0.1) is 19.8 Å². The molecule has 1 aromatic rings. The molecule has 0 bridgehead atoms. The van der Waals surface area contributed by atoms with Gasteiger partial charge in [0.15, 0.2) is 6.61 Å². The number of amides is 1. The van der Waals surface area contributed by atoms with Crippen LogP contribution < -0.4 is 10.1 Å². The van der Waals surface area contributed by atoms with Crippen LogP contribution in [0.4, 0.5) is 0 Å². The number of carbonyl (C=O) groups excluding carboxylic acids is 1. The number of carboxylic acids is 1. The first-order valence-corrected chi connectivity index (χ1v) is 6.59. The summed E-state index contributed by atoms with van der Waals surface area (Å²) in [5.74, 6) is -0.912. The van der Waals surface area contributed by atoms with Crippen LogP contribution in [0.3, 0.4) is 0 Å². The van der Waals surface area contributed by atoms with Gasteiger partial charge in [-0.2, -0.15) is 0 Å². The van der Waals surface area contributed by atoms with Crippen molar-refractivity contribution in [2.75, 3.05) is 13.2 Å². The van der Waals surface area contributed by atoms with Crippen molar-refractivity contribution in [3.8, 4) is 5.75 Å². The quantitative estimate of drug-likeness (QED) is 0.799. The van der Waals surface area contributed by atoms with Crippen molar-refractivity contribution < 1.29 is 19.4 Å². The summed E-state index contributed by atoms with van der Waals surface area (Å²) in [5, 5.41) is 11.3. The normalized spacial score (nSPS) is 11.8. The number of nitrogens with one attached hydrogen (secondary N) is 1. The van der Waals surface area contributed by atoms with Gasteiger partial charge in [-0.15, -0.1) is 0 Å². The van der Waals surface area contributed by atoms with E-state index in [1.807, 2.05) is 32.0 Å². The second-order valence-electron chi connectivity index (χ2n) is 4.91. The van der Waals surface area contributed by atoms with Crippen LogP contribution in [0.25, 0.3) is 0 Å². The molecule has 1 rings (SSSR count). The molecule has 0 fully saturated rings. The summed E-state index contributed by atoms with van der Waals surface area (Å²) in [7, 11) is 0. The number of benzene rings is 1. The predicted molar refractivity (Wildman–Crippen MR) is 75.8 cm³/mol. The summed E-state index contributed by atoms with van der Waals surface area (Å²) in [4.78, 5) is 22.1. The van der Waals surface area contributed by atoms with E-state index in [9.17, 15) is 9.59 Å². The first-order chi connectivity index (χ1) is 9.40. The van der Waals surface area contributed by atoms with Gasteiger partial charge in [0.1, 0.15) is 5.75 Å². The molecule has 1 aromatic carbocycles. The largest absolute Gasteiger partial charge is 0.484 e. The zero-order valence-electron chi connectivity index (χ0n) is 12.1. The molecule has 5 heteroatoms. The van der Waals surface area contributed by atoms with E-state index in [2.05, 4.69) is 5.32 Å². The molecule has 1 unspecified atom stereocenters. The molecule has 0 spiro atoms. The minimum atomic E-state index is -0.856. The van der Waals surface area contributed by atoms with Crippen LogP contribution in [-0.4, -0.2) is 30.1 Å². The Morgan fingerprint density at radius 1 is 1.30 bits per heavy atom. The number of aryl methyl sites for hydroxylation is 2. The molecular formula is C15H21NO4. The van der Waals surface area contributed by atoms with Crippen LogP contribution in [0.1, 0.15) is 24.5 Å². The third-order valence-electron chi connectivity index (χ3n) is 3.17. The van der Waals surface area contributed by atoms with E-state index in [4.69, 9.17) is 9.84 Å². The van der Waals surface area contributed by atoms with Crippen LogP contribution in [-0.2, 0) is 9.59 Å². The molecule has 0 aromatic heterocycles. The average molecular weight is 279 g/mol. The van der Waals surface area contributed by atoms with Crippen LogP contribution in [0.15, 0.2) is 18.2 Å². The zero-order chi connectivity index (χ0) is 15.1. The lowest BCUT2D eigenvalue weighted by atomic mass is 10.1. The standard InChI is InChI=1S/C15H21NO4/c1-10-4-5-13(8-12(10)3)20-9-14(17)16-7-6-11(2)15(18)19/h4-5,8,11H,6-7,9H2,1-3H3,(H,16,17)(H,18,19). The van der Waals surface area contributed by atoms with Crippen LogP contribution in [0.2, 0.25) is 0 Å². The predicted octanol–water partition coefficient (Wildman–Crippen LogP) is 1.91. The highest BCUT2D eigenvalue weighted by Crippen LogP contribution is 2.16. The fourth-order valence-corrected chi connectivity index (χ4v) is 1.56. The second kappa shape index (κ2) is 7.53. The third kappa shape index (κ3) is 5.30. The third-order valence-corrected chi connectivity index (χ3v) is 3.17. The fourth-order valence-electron chi connectivity index (χ4n) is 1.56. The lowest BCUT2D eigenvalue weighted by molar-refractivity contribution is -0.141. The van der Waals surface area contributed by atoms with Crippen LogP contribution >= 0.6 is 0 Å². The van der Waals surface area contributed by atoms with Crippen molar-refractivity contribution in [1.82, 2.24) is 5.32 Å². The molecule has 0 radical (unpaired) electrons. The van der Waals surface area contributed by atoms with Crippen molar-refractivity contribution in [2.45, 2.75) is 27.2 Å². The SMILES string of the molecule is Cc1ccc(OCC(=O)NCCC(C)C(=O)O)cc1C. The highest BCUT2D eigenvalue weighted by molar-refractivity contribution is 5.77. The molecule has 0 heterocycles. The van der Waals surface area contributed by atoms with Gasteiger partial charge >= 0.3 is 5.97 Å². The Morgan fingerprint density at radius 2 is 2.00 bits per heavy atom. The molecule has 110 valence electrons. The zero-order valence-corrected chi connectivity index (χ0v) is 12.1. The number of rotatable bonds is 7. The second-order valence-corrected chi connectivity index (χ2v) is 4.91. The molecule has 0 saturated carbocycles.